The number of anilines is 1. The van der Waals surface area contributed by atoms with Gasteiger partial charge < -0.3 is 15.0 Å². The van der Waals surface area contributed by atoms with E-state index in [1.165, 1.54) is 6.92 Å². The van der Waals surface area contributed by atoms with Gasteiger partial charge in [-0.15, -0.1) is 0 Å². The zero-order valence-corrected chi connectivity index (χ0v) is 16.0. The lowest BCUT2D eigenvalue weighted by Gasteiger charge is -2.22. The second-order valence-electron chi connectivity index (χ2n) is 6.11. The summed E-state index contributed by atoms with van der Waals surface area (Å²) >= 11 is 5.80. The van der Waals surface area contributed by atoms with Gasteiger partial charge in [-0.2, -0.15) is 0 Å². The lowest BCUT2D eigenvalue weighted by atomic mass is 10.1. The summed E-state index contributed by atoms with van der Waals surface area (Å²) in [7, 11) is 0. The van der Waals surface area contributed by atoms with Gasteiger partial charge in [-0.25, -0.2) is 0 Å². The predicted molar refractivity (Wildman–Crippen MR) is 104 cm³/mol. The fraction of sp³-hybridized carbons (Fsp3) is 0.300. The largest absolute Gasteiger partial charge is 0.484 e. The summed E-state index contributed by atoms with van der Waals surface area (Å²) in [6, 6.07) is 12.8. The summed E-state index contributed by atoms with van der Waals surface area (Å²) in [5.74, 6) is 0.260. The predicted octanol–water partition coefficient (Wildman–Crippen LogP) is 3.50. The molecule has 0 atom stereocenters. The number of amides is 2. The number of hydrogen-bond donors (Lipinski definition) is 1. The molecule has 138 valence electrons. The van der Waals surface area contributed by atoms with Gasteiger partial charge in [0.25, 0.3) is 5.91 Å². The summed E-state index contributed by atoms with van der Waals surface area (Å²) < 4.78 is 5.39. The SMILES string of the molecule is CC(=O)N(CCNC(=O)COc1ccc(Cl)cc1)c1cc(C)cc(C)c1. The Morgan fingerprint density at radius 3 is 2.27 bits per heavy atom. The first-order valence-corrected chi connectivity index (χ1v) is 8.74. The molecule has 0 bridgehead atoms. The molecule has 2 amide bonds. The van der Waals surface area contributed by atoms with Gasteiger partial charge in [0.1, 0.15) is 5.75 Å². The minimum absolute atomic E-state index is 0.0679. The summed E-state index contributed by atoms with van der Waals surface area (Å²) in [6.45, 7) is 6.14. The van der Waals surface area contributed by atoms with E-state index in [9.17, 15) is 9.59 Å². The number of benzene rings is 2. The number of hydrogen-bond acceptors (Lipinski definition) is 3. The van der Waals surface area contributed by atoms with Crippen molar-refractivity contribution in [2.75, 3.05) is 24.6 Å². The van der Waals surface area contributed by atoms with Crippen LogP contribution in [-0.4, -0.2) is 31.5 Å². The van der Waals surface area contributed by atoms with Crippen LogP contribution in [0, 0.1) is 13.8 Å². The Morgan fingerprint density at radius 2 is 1.69 bits per heavy atom. The lowest BCUT2D eigenvalue weighted by molar-refractivity contribution is -0.123. The third-order valence-corrected chi connectivity index (χ3v) is 3.99. The van der Waals surface area contributed by atoms with Crippen molar-refractivity contribution in [3.63, 3.8) is 0 Å². The number of carbonyl (C=O) groups excluding carboxylic acids is 2. The normalized spacial score (nSPS) is 10.3. The van der Waals surface area contributed by atoms with Crippen molar-refractivity contribution in [3.05, 3.63) is 58.6 Å². The van der Waals surface area contributed by atoms with E-state index >= 15 is 0 Å². The molecule has 0 saturated heterocycles. The zero-order valence-electron chi connectivity index (χ0n) is 15.2. The second kappa shape index (κ2) is 9.25. The Kier molecular flexibility index (Phi) is 7.04. The minimum atomic E-state index is -0.246. The van der Waals surface area contributed by atoms with Crippen molar-refractivity contribution in [1.82, 2.24) is 5.32 Å². The first kappa shape index (κ1) is 19.8. The number of rotatable bonds is 7. The highest BCUT2D eigenvalue weighted by atomic mass is 35.5. The quantitative estimate of drug-likeness (QED) is 0.806. The molecule has 1 N–H and O–H groups in total. The molecule has 26 heavy (non-hydrogen) atoms. The molecule has 0 aliphatic rings. The number of aryl methyl sites for hydroxylation is 2. The average Bonchev–Trinajstić information content (AvgIpc) is 2.57. The van der Waals surface area contributed by atoms with Crippen LogP contribution in [0.5, 0.6) is 5.75 Å². The highest BCUT2D eigenvalue weighted by Gasteiger charge is 2.12. The third kappa shape index (κ3) is 6.08. The molecule has 2 rings (SSSR count). The van der Waals surface area contributed by atoms with Gasteiger partial charge in [-0.3, -0.25) is 9.59 Å². The fourth-order valence-corrected chi connectivity index (χ4v) is 2.74. The van der Waals surface area contributed by atoms with E-state index in [1.54, 1.807) is 29.2 Å². The Morgan fingerprint density at radius 1 is 1.08 bits per heavy atom. The van der Waals surface area contributed by atoms with Crippen LogP contribution >= 0.6 is 11.6 Å². The molecule has 0 aliphatic heterocycles. The van der Waals surface area contributed by atoms with Gasteiger partial charge in [0.05, 0.1) is 0 Å². The van der Waals surface area contributed by atoms with Crippen molar-refractivity contribution in [2.45, 2.75) is 20.8 Å². The molecule has 0 unspecified atom stereocenters. The van der Waals surface area contributed by atoms with Crippen molar-refractivity contribution < 1.29 is 14.3 Å². The molecular formula is C20H23ClN2O3. The standard InChI is InChI=1S/C20H23ClN2O3/c1-14-10-15(2)12-18(11-14)23(16(3)24)9-8-22-20(25)13-26-19-6-4-17(21)5-7-19/h4-7,10-12H,8-9,13H2,1-3H3,(H,22,25). The van der Waals surface area contributed by atoms with Crippen LogP contribution in [-0.2, 0) is 9.59 Å². The third-order valence-electron chi connectivity index (χ3n) is 3.74. The molecule has 2 aromatic rings. The maximum atomic E-state index is 12.0. The maximum Gasteiger partial charge on any atom is 0.258 e. The molecule has 5 nitrogen and oxygen atoms in total. The Balaban J connectivity index is 1.84. The molecule has 0 radical (unpaired) electrons. The average molecular weight is 375 g/mol. The minimum Gasteiger partial charge on any atom is -0.484 e. The van der Waals surface area contributed by atoms with Crippen molar-refractivity contribution >= 4 is 29.1 Å². The van der Waals surface area contributed by atoms with Crippen LogP contribution in [0.1, 0.15) is 18.1 Å². The monoisotopic (exact) mass is 374 g/mol. The van der Waals surface area contributed by atoms with E-state index in [2.05, 4.69) is 11.4 Å². The van der Waals surface area contributed by atoms with E-state index in [0.717, 1.165) is 16.8 Å². The van der Waals surface area contributed by atoms with Gasteiger partial charge in [-0.1, -0.05) is 17.7 Å². The Bertz CT molecular complexity index is 755. The van der Waals surface area contributed by atoms with E-state index in [4.69, 9.17) is 16.3 Å². The maximum absolute atomic E-state index is 12.0. The van der Waals surface area contributed by atoms with E-state index in [0.29, 0.717) is 23.9 Å². The van der Waals surface area contributed by atoms with Gasteiger partial charge >= 0.3 is 0 Å². The van der Waals surface area contributed by atoms with Crippen LogP contribution < -0.4 is 15.0 Å². The van der Waals surface area contributed by atoms with E-state index < -0.39 is 0 Å². The van der Waals surface area contributed by atoms with Crippen molar-refractivity contribution in [2.24, 2.45) is 0 Å². The molecule has 0 fully saturated rings. The van der Waals surface area contributed by atoms with Gasteiger partial charge in [0.2, 0.25) is 5.91 Å². The van der Waals surface area contributed by atoms with Crippen LogP contribution in [0.25, 0.3) is 0 Å². The van der Waals surface area contributed by atoms with E-state index in [-0.39, 0.29) is 18.4 Å². The van der Waals surface area contributed by atoms with Crippen LogP contribution in [0.2, 0.25) is 5.02 Å². The lowest BCUT2D eigenvalue weighted by Crippen LogP contribution is -2.39. The van der Waals surface area contributed by atoms with Gasteiger partial charge in [0.15, 0.2) is 6.61 Å². The van der Waals surface area contributed by atoms with Crippen LogP contribution in [0.4, 0.5) is 5.69 Å². The highest BCUT2D eigenvalue weighted by molar-refractivity contribution is 6.30. The first-order valence-electron chi connectivity index (χ1n) is 8.36. The molecule has 0 saturated carbocycles. The number of ether oxygens (including phenoxy) is 1. The molecule has 2 aromatic carbocycles. The molecule has 0 aromatic heterocycles. The Labute approximate surface area is 158 Å². The number of halogens is 1. The van der Waals surface area contributed by atoms with Crippen LogP contribution in [0.3, 0.4) is 0 Å². The van der Waals surface area contributed by atoms with Crippen molar-refractivity contribution in [3.8, 4) is 5.75 Å². The van der Waals surface area contributed by atoms with Gasteiger partial charge in [0, 0.05) is 30.7 Å². The number of carbonyl (C=O) groups is 2. The fourth-order valence-electron chi connectivity index (χ4n) is 2.61. The summed E-state index contributed by atoms with van der Waals surface area (Å²) in [5.41, 5.74) is 3.01. The Hall–Kier alpha value is -2.53. The second-order valence-corrected chi connectivity index (χ2v) is 6.55. The van der Waals surface area contributed by atoms with Crippen LogP contribution in [0.15, 0.2) is 42.5 Å². The van der Waals surface area contributed by atoms with Gasteiger partial charge in [-0.05, 0) is 61.4 Å². The first-order chi connectivity index (χ1) is 12.3. The molecule has 0 spiro atoms. The zero-order chi connectivity index (χ0) is 19.1. The highest BCUT2D eigenvalue weighted by Crippen LogP contribution is 2.19. The molecule has 0 aliphatic carbocycles. The summed E-state index contributed by atoms with van der Waals surface area (Å²) in [4.78, 5) is 25.5. The molecular weight excluding hydrogens is 352 g/mol. The molecule has 0 heterocycles. The topological polar surface area (TPSA) is 58.6 Å². The number of nitrogens with zero attached hydrogens (tertiary/aromatic N) is 1. The van der Waals surface area contributed by atoms with Crippen molar-refractivity contribution in [1.29, 1.82) is 0 Å². The summed E-state index contributed by atoms with van der Waals surface area (Å²) in [6.07, 6.45) is 0. The number of nitrogens with one attached hydrogen (secondary N) is 1. The van der Waals surface area contributed by atoms with E-state index in [1.807, 2.05) is 26.0 Å². The molecule has 6 heteroatoms. The summed E-state index contributed by atoms with van der Waals surface area (Å²) in [5, 5.41) is 3.37. The smallest absolute Gasteiger partial charge is 0.258 e.